The molecule has 0 amide bonds. The minimum Gasteiger partial charge on any atom is -0.395 e. The molecule has 0 saturated heterocycles. The topological polar surface area (TPSA) is 66.6 Å². The maximum atomic E-state index is 10.8. The van der Waals surface area contributed by atoms with Crippen LogP contribution in [0.25, 0.3) is 0 Å². The molecule has 0 aliphatic rings. The fourth-order valence-corrected chi connectivity index (χ4v) is 2.19. The van der Waals surface area contributed by atoms with Crippen molar-refractivity contribution < 1.29 is 10.0 Å². The molecule has 106 valence electrons. The highest BCUT2D eigenvalue weighted by molar-refractivity contribution is 6.33. The van der Waals surface area contributed by atoms with E-state index in [1.807, 2.05) is 11.8 Å². The number of nitro groups is 1. The summed E-state index contributed by atoms with van der Waals surface area (Å²) in [6.07, 6.45) is 2.04. The van der Waals surface area contributed by atoms with E-state index in [1.54, 1.807) is 6.07 Å². The summed E-state index contributed by atoms with van der Waals surface area (Å²) in [5, 5.41) is 20.1. The molecule has 5 nitrogen and oxygen atoms in total. The number of anilines is 1. The number of hydrogen-bond donors (Lipinski definition) is 1. The zero-order chi connectivity index (χ0) is 14.4. The second-order valence-corrected chi connectivity index (χ2v) is 4.82. The van der Waals surface area contributed by atoms with Gasteiger partial charge < -0.3 is 10.0 Å². The van der Waals surface area contributed by atoms with Crippen molar-refractivity contribution in [3.8, 4) is 0 Å². The lowest BCUT2D eigenvalue weighted by Crippen LogP contribution is -2.28. The lowest BCUT2D eigenvalue weighted by Gasteiger charge is -2.25. The third-order valence-electron chi connectivity index (χ3n) is 2.95. The number of nitro benzene ring substituents is 1. The minimum absolute atomic E-state index is 0.0394. The Morgan fingerprint density at radius 2 is 2.11 bits per heavy atom. The Kier molecular flexibility index (Phi) is 6.05. The third kappa shape index (κ3) is 4.08. The minimum atomic E-state index is -0.485. The van der Waals surface area contributed by atoms with Crippen molar-refractivity contribution in [1.29, 1.82) is 0 Å². The van der Waals surface area contributed by atoms with Crippen molar-refractivity contribution in [2.45, 2.75) is 26.7 Å². The summed E-state index contributed by atoms with van der Waals surface area (Å²) in [7, 11) is 0. The lowest BCUT2D eigenvalue weighted by atomic mass is 10.1. The van der Waals surface area contributed by atoms with Crippen molar-refractivity contribution in [2.24, 2.45) is 0 Å². The Hall–Kier alpha value is -1.33. The number of unbranched alkanes of at least 4 members (excludes halogenated alkanes) is 1. The second kappa shape index (κ2) is 7.31. The SMILES string of the molecule is CCCCN(CCO)c1cc(Cl)c([N+](=O)[O-])cc1C. The smallest absolute Gasteiger partial charge is 0.288 e. The van der Waals surface area contributed by atoms with Crippen molar-refractivity contribution in [3.05, 3.63) is 32.8 Å². The Morgan fingerprint density at radius 1 is 1.42 bits per heavy atom. The molecule has 0 aliphatic heterocycles. The van der Waals surface area contributed by atoms with Crippen LogP contribution in [-0.4, -0.2) is 29.7 Å². The molecule has 0 aromatic heterocycles. The van der Waals surface area contributed by atoms with Crippen molar-refractivity contribution in [1.82, 2.24) is 0 Å². The van der Waals surface area contributed by atoms with Gasteiger partial charge in [0, 0.05) is 24.8 Å². The Morgan fingerprint density at radius 3 is 2.63 bits per heavy atom. The first-order valence-electron chi connectivity index (χ1n) is 6.31. The summed E-state index contributed by atoms with van der Waals surface area (Å²) in [4.78, 5) is 12.3. The van der Waals surface area contributed by atoms with Crippen molar-refractivity contribution in [2.75, 3.05) is 24.6 Å². The first kappa shape index (κ1) is 15.7. The molecule has 0 spiro atoms. The molecule has 0 radical (unpaired) electrons. The highest BCUT2D eigenvalue weighted by Crippen LogP contribution is 2.32. The number of benzene rings is 1. The molecule has 0 atom stereocenters. The summed E-state index contributed by atoms with van der Waals surface area (Å²) < 4.78 is 0. The number of halogens is 1. The van der Waals surface area contributed by atoms with Crippen LogP contribution in [0.3, 0.4) is 0 Å². The summed E-state index contributed by atoms with van der Waals surface area (Å²) in [5.41, 5.74) is 1.56. The fourth-order valence-electron chi connectivity index (χ4n) is 1.96. The van der Waals surface area contributed by atoms with E-state index in [1.165, 1.54) is 6.07 Å². The molecule has 1 aromatic carbocycles. The predicted molar refractivity (Wildman–Crippen MR) is 77.1 cm³/mol. The molecular formula is C13H19ClN2O3. The van der Waals surface area contributed by atoms with E-state index < -0.39 is 4.92 Å². The van der Waals surface area contributed by atoms with Crippen LogP contribution >= 0.6 is 11.6 Å². The zero-order valence-electron chi connectivity index (χ0n) is 11.2. The molecule has 0 saturated carbocycles. The van der Waals surface area contributed by atoms with E-state index >= 15 is 0 Å². The van der Waals surface area contributed by atoms with Gasteiger partial charge in [0.2, 0.25) is 0 Å². The van der Waals surface area contributed by atoms with Crippen LogP contribution in [0.4, 0.5) is 11.4 Å². The quantitative estimate of drug-likeness (QED) is 0.617. The number of aliphatic hydroxyl groups excluding tert-OH is 1. The van der Waals surface area contributed by atoms with Crippen LogP contribution in [0.15, 0.2) is 12.1 Å². The van der Waals surface area contributed by atoms with Crippen molar-refractivity contribution in [3.63, 3.8) is 0 Å². The van der Waals surface area contributed by atoms with Crippen LogP contribution in [0.5, 0.6) is 0 Å². The van der Waals surface area contributed by atoms with E-state index in [0.717, 1.165) is 30.6 Å². The van der Waals surface area contributed by atoms with Gasteiger partial charge >= 0.3 is 0 Å². The van der Waals surface area contributed by atoms with Crippen LogP contribution in [0.2, 0.25) is 5.02 Å². The normalized spacial score (nSPS) is 10.5. The van der Waals surface area contributed by atoms with Crippen LogP contribution in [0.1, 0.15) is 25.3 Å². The van der Waals surface area contributed by atoms with Gasteiger partial charge in [-0.05, 0) is 25.0 Å². The van der Waals surface area contributed by atoms with E-state index in [2.05, 4.69) is 6.92 Å². The van der Waals surface area contributed by atoms with Gasteiger partial charge in [0.25, 0.3) is 5.69 Å². The Bertz CT molecular complexity index is 452. The number of hydrogen-bond acceptors (Lipinski definition) is 4. The van der Waals surface area contributed by atoms with Gasteiger partial charge in [0.05, 0.1) is 11.5 Å². The molecule has 1 N–H and O–H groups in total. The fraction of sp³-hybridized carbons (Fsp3) is 0.538. The molecule has 1 rings (SSSR count). The first-order chi connectivity index (χ1) is 9.01. The average molecular weight is 287 g/mol. The van der Waals surface area contributed by atoms with E-state index in [-0.39, 0.29) is 17.3 Å². The monoisotopic (exact) mass is 286 g/mol. The summed E-state index contributed by atoms with van der Waals surface area (Å²) >= 11 is 5.94. The van der Waals surface area contributed by atoms with Gasteiger partial charge in [-0.3, -0.25) is 10.1 Å². The van der Waals surface area contributed by atoms with Gasteiger partial charge in [0.15, 0.2) is 0 Å². The molecule has 6 heteroatoms. The van der Waals surface area contributed by atoms with Gasteiger partial charge in [0.1, 0.15) is 5.02 Å². The molecule has 0 fully saturated rings. The summed E-state index contributed by atoms with van der Waals surface area (Å²) in [6.45, 7) is 5.24. The van der Waals surface area contributed by atoms with E-state index in [9.17, 15) is 10.1 Å². The van der Waals surface area contributed by atoms with Gasteiger partial charge in [-0.25, -0.2) is 0 Å². The third-order valence-corrected chi connectivity index (χ3v) is 3.26. The van der Waals surface area contributed by atoms with Crippen LogP contribution in [-0.2, 0) is 0 Å². The lowest BCUT2D eigenvalue weighted by molar-refractivity contribution is -0.384. The molecular weight excluding hydrogens is 268 g/mol. The van der Waals surface area contributed by atoms with Crippen LogP contribution in [0, 0.1) is 17.0 Å². The standard InChI is InChI=1S/C13H19ClN2O3/c1-3-4-5-15(6-7-17)12-9-11(14)13(16(18)19)8-10(12)2/h8-9,17H,3-7H2,1-2H3. The number of nitrogens with zero attached hydrogens (tertiary/aromatic N) is 2. The van der Waals surface area contributed by atoms with Crippen molar-refractivity contribution >= 4 is 23.0 Å². The molecule has 1 aromatic rings. The van der Waals surface area contributed by atoms with Crippen LogP contribution < -0.4 is 4.90 Å². The highest BCUT2D eigenvalue weighted by atomic mass is 35.5. The van der Waals surface area contributed by atoms with Gasteiger partial charge in [-0.15, -0.1) is 0 Å². The number of rotatable bonds is 7. The van der Waals surface area contributed by atoms with Gasteiger partial charge in [-0.1, -0.05) is 24.9 Å². The molecule has 19 heavy (non-hydrogen) atoms. The number of aliphatic hydroxyl groups is 1. The molecule has 0 aliphatic carbocycles. The molecule has 0 bridgehead atoms. The van der Waals surface area contributed by atoms with Gasteiger partial charge in [-0.2, -0.15) is 0 Å². The highest BCUT2D eigenvalue weighted by Gasteiger charge is 2.17. The number of aryl methyl sites for hydroxylation is 1. The molecule has 0 heterocycles. The second-order valence-electron chi connectivity index (χ2n) is 4.41. The average Bonchev–Trinajstić information content (AvgIpc) is 2.36. The Labute approximate surface area is 117 Å². The Balaban J connectivity index is 3.09. The summed E-state index contributed by atoms with van der Waals surface area (Å²) in [5.74, 6) is 0. The van der Waals surface area contributed by atoms with E-state index in [4.69, 9.17) is 16.7 Å². The largest absolute Gasteiger partial charge is 0.395 e. The predicted octanol–water partition coefficient (Wildman–Crippen LogP) is 3.16. The molecule has 0 unspecified atom stereocenters. The van der Waals surface area contributed by atoms with E-state index in [0.29, 0.717) is 6.54 Å². The first-order valence-corrected chi connectivity index (χ1v) is 6.69. The maximum absolute atomic E-state index is 10.8. The maximum Gasteiger partial charge on any atom is 0.288 e. The zero-order valence-corrected chi connectivity index (χ0v) is 12.0. The summed E-state index contributed by atoms with van der Waals surface area (Å²) in [6, 6.07) is 3.09.